The van der Waals surface area contributed by atoms with Crippen LogP contribution in [0.15, 0.2) is 158 Å². The Labute approximate surface area is 380 Å². The zero-order valence-electron chi connectivity index (χ0n) is 39.9. The van der Waals surface area contributed by atoms with E-state index in [-0.39, 0.29) is 21.7 Å². The fraction of sp³-hybridized carbons (Fsp3) is 0.258. The maximum atomic E-state index is 2.53. The number of rotatable bonds is 5. The molecule has 0 saturated carbocycles. The van der Waals surface area contributed by atoms with Gasteiger partial charge in [-0.25, -0.2) is 0 Å². The molecule has 0 unspecified atom stereocenters. The van der Waals surface area contributed by atoms with Gasteiger partial charge < -0.3 is 9.47 Å². The molecule has 320 valence electrons. The van der Waals surface area contributed by atoms with Gasteiger partial charge >= 0.3 is 0 Å². The topological polar surface area (TPSA) is 8.17 Å². The van der Waals surface area contributed by atoms with Crippen LogP contribution in [-0.4, -0.2) is 4.57 Å². The molecule has 0 radical (unpaired) electrons. The molecule has 0 saturated heterocycles. The van der Waals surface area contributed by atoms with Gasteiger partial charge in [0.15, 0.2) is 0 Å². The van der Waals surface area contributed by atoms with Crippen molar-refractivity contribution in [3.63, 3.8) is 0 Å². The number of hydrogen-bond acceptors (Lipinski definition) is 1. The van der Waals surface area contributed by atoms with E-state index >= 15 is 0 Å². The SMILES string of the molecule is CC(C)(C)c1ccc(N(c2ccc(C(C)(C)C)cc2-c2ccccc2)c2ccc3ccc4c(-n5c6ccc(C(C)(C)C)cc6c6cc(C(C)(C)C)ccc65)ccc5ccc2c3c54)cc1. The minimum absolute atomic E-state index is 0.00785. The lowest BCUT2D eigenvalue weighted by Crippen LogP contribution is -2.16. The summed E-state index contributed by atoms with van der Waals surface area (Å²) in [4.78, 5) is 2.51. The predicted octanol–water partition coefficient (Wildman–Crippen LogP) is 18.0. The van der Waals surface area contributed by atoms with E-state index in [9.17, 15) is 0 Å². The summed E-state index contributed by atoms with van der Waals surface area (Å²) in [6.45, 7) is 27.7. The van der Waals surface area contributed by atoms with Gasteiger partial charge in [-0.2, -0.15) is 0 Å². The summed E-state index contributed by atoms with van der Waals surface area (Å²) in [7, 11) is 0. The van der Waals surface area contributed by atoms with Crippen LogP contribution in [0.5, 0.6) is 0 Å². The molecule has 1 aromatic heterocycles. The van der Waals surface area contributed by atoms with Crippen molar-refractivity contribution in [2.45, 2.75) is 105 Å². The van der Waals surface area contributed by atoms with Crippen molar-refractivity contribution >= 4 is 71.2 Å². The van der Waals surface area contributed by atoms with Gasteiger partial charge in [0.25, 0.3) is 0 Å². The molecule has 2 heteroatoms. The zero-order chi connectivity index (χ0) is 45.1. The third-order valence-corrected chi connectivity index (χ3v) is 13.8. The first kappa shape index (κ1) is 41.6. The zero-order valence-corrected chi connectivity index (χ0v) is 39.9. The first-order valence-corrected chi connectivity index (χ1v) is 23.2. The van der Waals surface area contributed by atoms with E-state index < -0.39 is 0 Å². The van der Waals surface area contributed by atoms with Gasteiger partial charge in [0.2, 0.25) is 0 Å². The molecular formula is C62H62N2. The lowest BCUT2D eigenvalue weighted by molar-refractivity contribution is 0.590. The van der Waals surface area contributed by atoms with Crippen LogP contribution in [0.3, 0.4) is 0 Å². The standard InChI is InChI=1S/C62H62N2/c1-59(2,3)42-22-27-46(28-23-42)63(54-33-24-43(60(4,5)6)36-49(54)39-16-14-13-15-17-39)52-31-20-40-19-30-48-53(32-21-41-18-29-47(52)57(40)58(41)48)64-55-34-25-44(61(7,8)9)37-50(55)51-38-45(62(10,11)12)26-35-56(51)64/h13-38H,1-12H3. The summed E-state index contributed by atoms with van der Waals surface area (Å²) in [5.41, 5.74) is 15.0. The Morgan fingerprint density at radius 1 is 0.359 bits per heavy atom. The number of fused-ring (bicyclic) bond motifs is 3. The van der Waals surface area contributed by atoms with Crippen molar-refractivity contribution in [3.05, 3.63) is 180 Å². The Balaban J connectivity index is 1.26. The second-order valence-corrected chi connectivity index (χ2v) is 22.4. The third kappa shape index (κ3) is 6.94. The molecule has 0 bridgehead atoms. The second kappa shape index (κ2) is 14.6. The second-order valence-electron chi connectivity index (χ2n) is 22.4. The van der Waals surface area contributed by atoms with Gasteiger partial charge in [-0.1, -0.05) is 180 Å². The number of benzene rings is 9. The molecule has 1 heterocycles. The van der Waals surface area contributed by atoms with Crippen molar-refractivity contribution < 1.29 is 0 Å². The maximum absolute atomic E-state index is 2.53. The molecular weight excluding hydrogens is 773 g/mol. The predicted molar refractivity (Wildman–Crippen MR) is 279 cm³/mol. The highest BCUT2D eigenvalue weighted by Gasteiger charge is 2.26. The Bertz CT molecular complexity index is 3320. The molecule has 10 aromatic rings. The molecule has 0 fully saturated rings. The average Bonchev–Trinajstić information content (AvgIpc) is 3.58. The molecule has 0 spiro atoms. The molecule has 64 heavy (non-hydrogen) atoms. The van der Waals surface area contributed by atoms with E-state index in [0.717, 1.165) is 17.1 Å². The molecule has 0 N–H and O–H groups in total. The van der Waals surface area contributed by atoms with Crippen molar-refractivity contribution in [3.8, 4) is 16.8 Å². The number of nitrogens with zero attached hydrogens (tertiary/aromatic N) is 2. The van der Waals surface area contributed by atoms with Crippen LogP contribution >= 0.6 is 0 Å². The minimum atomic E-state index is -0.00785. The fourth-order valence-corrected chi connectivity index (χ4v) is 9.94. The van der Waals surface area contributed by atoms with Crippen molar-refractivity contribution in [2.24, 2.45) is 0 Å². The van der Waals surface area contributed by atoms with Crippen LogP contribution in [0.25, 0.3) is 70.9 Å². The van der Waals surface area contributed by atoms with E-state index in [1.807, 2.05) is 0 Å². The van der Waals surface area contributed by atoms with Crippen LogP contribution in [0.4, 0.5) is 17.1 Å². The van der Waals surface area contributed by atoms with Gasteiger partial charge in [0.1, 0.15) is 0 Å². The smallest absolute Gasteiger partial charge is 0.0541 e. The summed E-state index contributed by atoms with van der Waals surface area (Å²) >= 11 is 0. The van der Waals surface area contributed by atoms with E-state index in [1.54, 1.807) is 0 Å². The summed E-state index contributed by atoms with van der Waals surface area (Å²) in [6.07, 6.45) is 0. The highest BCUT2D eigenvalue weighted by molar-refractivity contribution is 6.27. The normalized spacial score (nSPS) is 13.0. The first-order chi connectivity index (χ1) is 30.3. The highest BCUT2D eigenvalue weighted by Crippen LogP contribution is 2.49. The number of aromatic nitrogens is 1. The first-order valence-electron chi connectivity index (χ1n) is 23.2. The lowest BCUT2D eigenvalue weighted by atomic mass is 9.84. The van der Waals surface area contributed by atoms with Crippen LogP contribution in [0, 0.1) is 0 Å². The lowest BCUT2D eigenvalue weighted by Gasteiger charge is -2.31. The fourth-order valence-electron chi connectivity index (χ4n) is 9.94. The van der Waals surface area contributed by atoms with Crippen molar-refractivity contribution in [2.75, 3.05) is 4.90 Å². The Kier molecular flexibility index (Phi) is 9.48. The number of anilines is 3. The molecule has 0 amide bonds. The average molecular weight is 835 g/mol. The molecule has 10 rings (SSSR count). The van der Waals surface area contributed by atoms with Crippen LogP contribution in [0.1, 0.15) is 105 Å². The van der Waals surface area contributed by atoms with Crippen molar-refractivity contribution in [1.82, 2.24) is 4.57 Å². The van der Waals surface area contributed by atoms with E-state index in [0.29, 0.717) is 0 Å². The van der Waals surface area contributed by atoms with Crippen LogP contribution < -0.4 is 4.90 Å². The molecule has 2 nitrogen and oxygen atoms in total. The van der Waals surface area contributed by atoms with E-state index in [2.05, 4.69) is 250 Å². The number of hydrogen-bond donors (Lipinski definition) is 0. The highest BCUT2D eigenvalue weighted by atomic mass is 15.1. The molecule has 0 aliphatic heterocycles. The van der Waals surface area contributed by atoms with Gasteiger partial charge in [0.05, 0.1) is 28.1 Å². The van der Waals surface area contributed by atoms with Gasteiger partial charge in [-0.05, 0) is 132 Å². The summed E-state index contributed by atoms with van der Waals surface area (Å²) in [5.74, 6) is 0. The molecule has 9 aromatic carbocycles. The maximum Gasteiger partial charge on any atom is 0.0541 e. The molecule has 0 aliphatic rings. The summed E-state index contributed by atoms with van der Waals surface area (Å²) in [6, 6.07) is 60.4. The molecule has 0 aliphatic carbocycles. The van der Waals surface area contributed by atoms with Gasteiger partial charge in [0, 0.05) is 32.8 Å². The van der Waals surface area contributed by atoms with Gasteiger partial charge in [-0.15, -0.1) is 0 Å². The minimum Gasteiger partial charge on any atom is -0.309 e. The van der Waals surface area contributed by atoms with E-state index in [4.69, 9.17) is 0 Å². The monoisotopic (exact) mass is 834 g/mol. The Morgan fingerprint density at radius 2 is 0.812 bits per heavy atom. The van der Waals surface area contributed by atoms with Crippen LogP contribution in [0.2, 0.25) is 0 Å². The summed E-state index contributed by atoms with van der Waals surface area (Å²) < 4.78 is 2.53. The van der Waals surface area contributed by atoms with Crippen molar-refractivity contribution in [1.29, 1.82) is 0 Å². The quantitative estimate of drug-likeness (QED) is 0.157. The Morgan fingerprint density at radius 3 is 1.38 bits per heavy atom. The van der Waals surface area contributed by atoms with E-state index in [1.165, 1.54) is 93.2 Å². The third-order valence-electron chi connectivity index (χ3n) is 13.8. The Hall–Kier alpha value is -6.38. The largest absolute Gasteiger partial charge is 0.309 e. The van der Waals surface area contributed by atoms with Crippen LogP contribution in [-0.2, 0) is 21.7 Å². The summed E-state index contributed by atoms with van der Waals surface area (Å²) in [5, 5.41) is 10.2. The molecule has 0 atom stereocenters. The van der Waals surface area contributed by atoms with Gasteiger partial charge in [-0.3, -0.25) is 0 Å².